The largest absolute Gasteiger partial charge is 0.459 e. The van der Waals surface area contributed by atoms with E-state index in [1.54, 1.807) is 11.3 Å². The summed E-state index contributed by atoms with van der Waals surface area (Å²) >= 11 is 1.70. The van der Waals surface area contributed by atoms with Crippen molar-refractivity contribution in [3.05, 3.63) is 51.7 Å². The van der Waals surface area contributed by atoms with E-state index >= 15 is 0 Å². The summed E-state index contributed by atoms with van der Waals surface area (Å²) in [6, 6.07) is 8.58. The lowest BCUT2D eigenvalue weighted by atomic mass is 10.1. The van der Waals surface area contributed by atoms with Crippen molar-refractivity contribution < 1.29 is 4.42 Å². The van der Waals surface area contributed by atoms with Crippen LogP contribution in [0, 0.1) is 13.8 Å². The molecule has 0 saturated heterocycles. The molecule has 4 heteroatoms. The van der Waals surface area contributed by atoms with Crippen LogP contribution in [0.5, 0.6) is 0 Å². The quantitative estimate of drug-likeness (QED) is 0.759. The highest BCUT2D eigenvalue weighted by Crippen LogP contribution is 2.28. The summed E-state index contributed by atoms with van der Waals surface area (Å²) in [5.74, 6) is 0.992. The van der Waals surface area contributed by atoms with Gasteiger partial charge in [-0.25, -0.2) is 4.98 Å². The second kappa shape index (κ2) is 6.00. The van der Waals surface area contributed by atoms with Crippen molar-refractivity contribution in [2.45, 2.75) is 33.2 Å². The van der Waals surface area contributed by atoms with Crippen LogP contribution in [-0.2, 0) is 6.42 Å². The minimum absolute atomic E-state index is 0.170. The Bertz CT molecular complexity index is 744. The first kappa shape index (κ1) is 14.3. The Kier molecular flexibility index (Phi) is 4.08. The molecular weight excluding hydrogens is 280 g/mol. The van der Waals surface area contributed by atoms with Crippen molar-refractivity contribution in [2.24, 2.45) is 0 Å². The van der Waals surface area contributed by atoms with Crippen LogP contribution in [0.1, 0.15) is 35.0 Å². The van der Waals surface area contributed by atoms with Gasteiger partial charge in [0, 0.05) is 17.2 Å². The molecule has 0 aliphatic rings. The number of hydrogen-bond donors (Lipinski definition) is 1. The van der Waals surface area contributed by atoms with E-state index in [1.807, 2.05) is 6.92 Å². The van der Waals surface area contributed by atoms with Gasteiger partial charge in [0.15, 0.2) is 0 Å². The molecule has 1 atom stereocenters. The number of nitrogens with zero attached hydrogens (tertiary/aromatic N) is 1. The number of fused-ring (bicyclic) bond motifs is 1. The van der Waals surface area contributed by atoms with Gasteiger partial charge in [-0.05, 0) is 32.0 Å². The monoisotopic (exact) mass is 300 g/mol. The highest BCUT2D eigenvalue weighted by Gasteiger charge is 2.18. The summed E-state index contributed by atoms with van der Waals surface area (Å²) in [4.78, 5) is 4.57. The van der Waals surface area contributed by atoms with Gasteiger partial charge in [0.05, 0.1) is 16.7 Å². The summed E-state index contributed by atoms with van der Waals surface area (Å²) in [7, 11) is 0. The molecule has 1 aromatic carbocycles. The van der Waals surface area contributed by atoms with E-state index in [1.165, 1.54) is 10.9 Å². The standard InChI is InChI=1S/C17H20N2OS/c1-4-18-15(9-14-10-21-12(3)19-14)16-8-13-7-5-6-11(2)17(13)20-16/h5-8,10,15,18H,4,9H2,1-3H3. The van der Waals surface area contributed by atoms with Crippen molar-refractivity contribution in [1.29, 1.82) is 0 Å². The Morgan fingerprint density at radius 2 is 2.19 bits per heavy atom. The highest BCUT2D eigenvalue weighted by molar-refractivity contribution is 7.09. The molecule has 0 bridgehead atoms. The molecule has 3 nitrogen and oxygen atoms in total. The van der Waals surface area contributed by atoms with Crippen LogP contribution >= 0.6 is 11.3 Å². The normalized spacial score (nSPS) is 12.9. The Balaban J connectivity index is 1.93. The molecule has 21 heavy (non-hydrogen) atoms. The van der Waals surface area contributed by atoms with E-state index in [0.717, 1.165) is 35.0 Å². The Hall–Kier alpha value is -1.65. The maximum atomic E-state index is 6.11. The van der Waals surface area contributed by atoms with Crippen molar-refractivity contribution in [3.8, 4) is 0 Å². The van der Waals surface area contributed by atoms with Crippen molar-refractivity contribution in [2.75, 3.05) is 6.54 Å². The lowest BCUT2D eigenvalue weighted by Crippen LogP contribution is -2.22. The van der Waals surface area contributed by atoms with E-state index in [9.17, 15) is 0 Å². The van der Waals surface area contributed by atoms with Gasteiger partial charge in [-0.1, -0.05) is 25.1 Å². The Morgan fingerprint density at radius 1 is 1.33 bits per heavy atom. The molecule has 3 rings (SSSR count). The van der Waals surface area contributed by atoms with Crippen LogP contribution in [0.3, 0.4) is 0 Å². The Morgan fingerprint density at radius 3 is 2.86 bits per heavy atom. The molecule has 2 heterocycles. The molecule has 1 N–H and O–H groups in total. The SMILES string of the molecule is CCNC(Cc1csc(C)n1)c1cc2cccc(C)c2o1. The average molecular weight is 300 g/mol. The molecule has 3 aromatic rings. The smallest absolute Gasteiger partial charge is 0.137 e. The first-order chi connectivity index (χ1) is 10.2. The summed E-state index contributed by atoms with van der Waals surface area (Å²) in [5, 5.41) is 7.92. The van der Waals surface area contributed by atoms with Gasteiger partial charge in [-0.15, -0.1) is 11.3 Å². The molecule has 1 unspecified atom stereocenters. The topological polar surface area (TPSA) is 38.1 Å². The fourth-order valence-corrected chi connectivity index (χ4v) is 3.26. The van der Waals surface area contributed by atoms with Gasteiger partial charge in [-0.2, -0.15) is 0 Å². The number of para-hydroxylation sites is 1. The zero-order chi connectivity index (χ0) is 14.8. The predicted molar refractivity (Wildman–Crippen MR) is 87.9 cm³/mol. The van der Waals surface area contributed by atoms with Crippen LogP contribution in [0.2, 0.25) is 0 Å². The van der Waals surface area contributed by atoms with Crippen LogP contribution in [-0.4, -0.2) is 11.5 Å². The molecule has 0 fully saturated rings. The number of nitrogens with one attached hydrogen (secondary N) is 1. The summed E-state index contributed by atoms with van der Waals surface area (Å²) in [6.07, 6.45) is 0.858. The second-order valence-corrected chi connectivity index (χ2v) is 6.38. The number of likely N-dealkylation sites (N-methyl/N-ethyl adjacent to an activating group) is 1. The van der Waals surface area contributed by atoms with Crippen molar-refractivity contribution >= 4 is 22.3 Å². The van der Waals surface area contributed by atoms with E-state index in [2.05, 4.69) is 53.8 Å². The average Bonchev–Trinajstić information content (AvgIpc) is 3.05. The summed E-state index contributed by atoms with van der Waals surface area (Å²) < 4.78 is 6.11. The third-order valence-corrected chi connectivity index (χ3v) is 4.46. The number of aromatic nitrogens is 1. The zero-order valence-electron chi connectivity index (χ0n) is 12.6. The van der Waals surface area contributed by atoms with Gasteiger partial charge in [0.25, 0.3) is 0 Å². The van der Waals surface area contributed by atoms with Crippen LogP contribution < -0.4 is 5.32 Å². The highest BCUT2D eigenvalue weighted by atomic mass is 32.1. The molecule has 0 spiro atoms. The van der Waals surface area contributed by atoms with E-state index in [-0.39, 0.29) is 6.04 Å². The predicted octanol–water partition coefficient (Wildman–Crippen LogP) is 4.40. The number of aryl methyl sites for hydroxylation is 2. The van der Waals surface area contributed by atoms with Crippen LogP contribution in [0.15, 0.2) is 34.1 Å². The first-order valence-electron chi connectivity index (χ1n) is 7.31. The molecule has 0 amide bonds. The van der Waals surface area contributed by atoms with E-state index in [0.29, 0.717) is 0 Å². The fraction of sp³-hybridized carbons (Fsp3) is 0.353. The third kappa shape index (κ3) is 3.01. The number of benzene rings is 1. The molecule has 0 aliphatic heterocycles. The maximum Gasteiger partial charge on any atom is 0.137 e. The first-order valence-corrected chi connectivity index (χ1v) is 8.18. The fourth-order valence-electron chi connectivity index (χ4n) is 2.63. The van der Waals surface area contributed by atoms with Gasteiger partial charge in [0.2, 0.25) is 0 Å². The lowest BCUT2D eigenvalue weighted by Gasteiger charge is -2.14. The van der Waals surface area contributed by atoms with Crippen molar-refractivity contribution in [1.82, 2.24) is 10.3 Å². The number of furan rings is 1. The van der Waals surface area contributed by atoms with Crippen LogP contribution in [0.4, 0.5) is 0 Å². The third-order valence-electron chi connectivity index (χ3n) is 3.63. The minimum Gasteiger partial charge on any atom is -0.459 e. The van der Waals surface area contributed by atoms with Gasteiger partial charge >= 0.3 is 0 Å². The van der Waals surface area contributed by atoms with Crippen molar-refractivity contribution in [3.63, 3.8) is 0 Å². The summed E-state index contributed by atoms with van der Waals surface area (Å²) in [5.41, 5.74) is 3.30. The molecule has 2 aromatic heterocycles. The van der Waals surface area contributed by atoms with E-state index in [4.69, 9.17) is 4.42 Å². The second-order valence-electron chi connectivity index (χ2n) is 5.31. The molecular formula is C17H20N2OS. The van der Waals surface area contributed by atoms with Gasteiger partial charge < -0.3 is 9.73 Å². The number of rotatable bonds is 5. The molecule has 0 radical (unpaired) electrons. The number of thiazole rings is 1. The van der Waals surface area contributed by atoms with Gasteiger partial charge in [0.1, 0.15) is 11.3 Å². The minimum atomic E-state index is 0.170. The molecule has 0 aliphatic carbocycles. The zero-order valence-corrected chi connectivity index (χ0v) is 13.5. The van der Waals surface area contributed by atoms with Gasteiger partial charge in [-0.3, -0.25) is 0 Å². The number of hydrogen-bond acceptors (Lipinski definition) is 4. The lowest BCUT2D eigenvalue weighted by molar-refractivity contribution is 0.432. The molecule has 0 saturated carbocycles. The van der Waals surface area contributed by atoms with Crippen LogP contribution in [0.25, 0.3) is 11.0 Å². The van der Waals surface area contributed by atoms with E-state index < -0.39 is 0 Å². The summed E-state index contributed by atoms with van der Waals surface area (Å²) in [6.45, 7) is 7.15. The maximum absolute atomic E-state index is 6.11. The molecule has 110 valence electrons. The Labute approximate surface area is 129 Å².